The van der Waals surface area contributed by atoms with Crippen molar-refractivity contribution in [3.8, 4) is 5.75 Å². The molecule has 1 amide bonds. The van der Waals surface area contributed by atoms with Crippen LogP contribution in [0.5, 0.6) is 5.75 Å². The highest BCUT2D eigenvalue weighted by molar-refractivity contribution is 9.10. The van der Waals surface area contributed by atoms with Crippen LogP contribution in [-0.4, -0.2) is 25.1 Å². The predicted octanol–water partition coefficient (Wildman–Crippen LogP) is 3.22. The van der Waals surface area contributed by atoms with Crippen molar-refractivity contribution >= 4 is 32.6 Å². The number of hydrogen-bond donors (Lipinski definition) is 2. The van der Waals surface area contributed by atoms with Gasteiger partial charge in [0.2, 0.25) is 0 Å². The molecular formula is C18H21BrN2O2. The van der Waals surface area contributed by atoms with Crippen LogP contribution in [0, 0.1) is 5.92 Å². The third-order valence-corrected chi connectivity index (χ3v) is 4.95. The van der Waals surface area contributed by atoms with Gasteiger partial charge in [-0.15, -0.1) is 0 Å². The minimum Gasteiger partial charge on any atom is -0.484 e. The first-order valence-electron chi connectivity index (χ1n) is 7.97. The van der Waals surface area contributed by atoms with E-state index in [0.717, 1.165) is 34.5 Å². The van der Waals surface area contributed by atoms with E-state index < -0.39 is 0 Å². The van der Waals surface area contributed by atoms with Gasteiger partial charge in [0, 0.05) is 10.5 Å². The van der Waals surface area contributed by atoms with Gasteiger partial charge in [0.25, 0.3) is 5.91 Å². The minimum atomic E-state index is -0.0775. The highest BCUT2D eigenvalue weighted by Crippen LogP contribution is 2.25. The van der Waals surface area contributed by atoms with Gasteiger partial charge in [-0.2, -0.15) is 0 Å². The van der Waals surface area contributed by atoms with Gasteiger partial charge in [-0.3, -0.25) is 4.79 Å². The lowest BCUT2D eigenvalue weighted by molar-refractivity contribution is -0.124. The van der Waals surface area contributed by atoms with Crippen molar-refractivity contribution in [2.45, 2.75) is 25.3 Å². The molecule has 23 heavy (non-hydrogen) atoms. The van der Waals surface area contributed by atoms with Crippen LogP contribution in [0.15, 0.2) is 40.9 Å². The molecule has 0 saturated heterocycles. The molecule has 0 aliphatic heterocycles. The van der Waals surface area contributed by atoms with E-state index in [1.807, 2.05) is 30.3 Å². The first-order chi connectivity index (χ1) is 11.2. The maximum atomic E-state index is 12.1. The van der Waals surface area contributed by atoms with Gasteiger partial charge in [0.1, 0.15) is 5.75 Å². The molecule has 1 saturated carbocycles. The van der Waals surface area contributed by atoms with E-state index in [0.29, 0.717) is 18.2 Å². The second kappa shape index (κ2) is 7.32. The average Bonchev–Trinajstić information content (AvgIpc) is 3.00. The molecule has 0 aromatic heterocycles. The van der Waals surface area contributed by atoms with Crippen molar-refractivity contribution in [2.24, 2.45) is 11.7 Å². The lowest BCUT2D eigenvalue weighted by Crippen LogP contribution is -2.42. The van der Waals surface area contributed by atoms with Crippen LogP contribution in [0.3, 0.4) is 0 Å². The van der Waals surface area contributed by atoms with Crippen LogP contribution < -0.4 is 15.8 Å². The number of halogens is 1. The Kier molecular flexibility index (Phi) is 5.18. The average molecular weight is 377 g/mol. The third kappa shape index (κ3) is 4.03. The van der Waals surface area contributed by atoms with Crippen molar-refractivity contribution in [3.63, 3.8) is 0 Å². The Morgan fingerprint density at radius 2 is 2.00 bits per heavy atom. The monoisotopic (exact) mass is 376 g/mol. The molecule has 1 aliphatic rings. The summed E-state index contributed by atoms with van der Waals surface area (Å²) in [5.41, 5.74) is 5.74. The number of carbonyl (C=O) groups is 1. The Balaban J connectivity index is 1.57. The van der Waals surface area contributed by atoms with Crippen molar-refractivity contribution < 1.29 is 9.53 Å². The number of nitrogens with two attached hydrogens (primary N) is 1. The maximum absolute atomic E-state index is 12.1. The topological polar surface area (TPSA) is 64.3 Å². The summed E-state index contributed by atoms with van der Waals surface area (Å²) in [6.45, 7) is 0.669. The van der Waals surface area contributed by atoms with E-state index in [-0.39, 0.29) is 18.6 Å². The zero-order valence-electron chi connectivity index (χ0n) is 12.9. The summed E-state index contributed by atoms with van der Waals surface area (Å²) in [6, 6.07) is 12.1. The van der Waals surface area contributed by atoms with Gasteiger partial charge in [0.05, 0.1) is 0 Å². The molecule has 3 rings (SSSR count). The fraction of sp³-hybridized carbons (Fsp3) is 0.389. The van der Waals surface area contributed by atoms with Crippen molar-refractivity contribution in [1.82, 2.24) is 5.32 Å². The predicted molar refractivity (Wildman–Crippen MR) is 95.5 cm³/mol. The molecule has 4 nitrogen and oxygen atoms in total. The number of ether oxygens (including phenoxy) is 1. The lowest BCUT2D eigenvalue weighted by atomic mass is 10.0. The van der Waals surface area contributed by atoms with Crippen LogP contribution in [0.2, 0.25) is 0 Å². The second-order valence-electron chi connectivity index (χ2n) is 6.04. The van der Waals surface area contributed by atoms with Gasteiger partial charge in [-0.05, 0) is 60.3 Å². The zero-order valence-corrected chi connectivity index (χ0v) is 14.5. The van der Waals surface area contributed by atoms with E-state index >= 15 is 0 Å². The highest BCUT2D eigenvalue weighted by Gasteiger charge is 2.27. The quantitative estimate of drug-likeness (QED) is 0.841. The Morgan fingerprint density at radius 1 is 1.22 bits per heavy atom. The van der Waals surface area contributed by atoms with E-state index in [9.17, 15) is 4.79 Å². The fourth-order valence-corrected chi connectivity index (χ4v) is 3.57. The van der Waals surface area contributed by atoms with Crippen LogP contribution in [-0.2, 0) is 4.79 Å². The molecule has 0 radical (unpaired) electrons. The molecule has 122 valence electrons. The van der Waals surface area contributed by atoms with Gasteiger partial charge >= 0.3 is 0 Å². The number of fused-ring (bicyclic) bond motifs is 1. The van der Waals surface area contributed by atoms with Crippen LogP contribution in [0.4, 0.5) is 0 Å². The van der Waals surface area contributed by atoms with E-state index in [1.54, 1.807) is 0 Å². The van der Waals surface area contributed by atoms with Crippen molar-refractivity contribution in [3.05, 3.63) is 40.9 Å². The van der Waals surface area contributed by atoms with Crippen molar-refractivity contribution in [2.75, 3.05) is 13.2 Å². The van der Waals surface area contributed by atoms with Crippen LogP contribution in [0.1, 0.15) is 19.3 Å². The summed E-state index contributed by atoms with van der Waals surface area (Å²) >= 11 is 3.46. The number of benzene rings is 2. The number of hydrogen-bond acceptors (Lipinski definition) is 3. The third-order valence-electron chi connectivity index (χ3n) is 4.45. The van der Waals surface area contributed by atoms with Crippen LogP contribution >= 0.6 is 15.9 Å². The summed E-state index contributed by atoms with van der Waals surface area (Å²) in [5.74, 6) is 1.03. The fourth-order valence-electron chi connectivity index (χ4n) is 3.19. The summed E-state index contributed by atoms with van der Waals surface area (Å²) in [6.07, 6.45) is 3.24. The molecular weight excluding hydrogens is 356 g/mol. The van der Waals surface area contributed by atoms with E-state index in [2.05, 4.69) is 27.3 Å². The number of amides is 1. The SMILES string of the molecule is NCC1CCCC1NC(=O)COc1ccc2cc(Br)ccc2c1. The standard InChI is InChI=1S/C18H21BrN2O2/c19-15-6-4-13-9-16(7-5-12(13)8-15)23-11-18(22)21-17-3-1-2-14(17)10-20/h4-9,14,17H,1-3,10-11,20H2,(H,21,22). The molecule has 1 fully saturated rings. The zero-order chi connectivity index (χ0) is 16.2. The molecule has 2 unspecified atom stereocenters. The molecule has 2 atom stereocenters. The summed E-state index contributed by atoms with van der Waals surface area (Å²) < 4.78 is 6.68. The Morgan fingerprint density at radius 3 is 2.83 bits per heavy atom. The smallest absolute Gasteiger partial charge is 0.258 e. The summed E-state index contributed by atoms with van der Waals surface area (Å²) in [7, 11) is 0. The normalized spacial score (nSPS) is 20.6. The molecule has 2 aromatic carbocycles. The second-order valence-corrected chi connectivity index (χ2v) is 6.96. The largest absolute Gasteiger partial charge is 0.484 e. The summed E-state index contributed by atoms with van der Waals surface area (Å²) in [4.78, 5) is 12.1. The van der Waals surface area contributed by atoms with E-state index in [1.165, 1.54) is 0 Å². The van der Waals surface area contributed by atoms with Gasteiger partial charge in [-0.1, -0.05) is 34.5 Å². The molecule has 1 aliphatic carbocycles. The first-order valence-corrected chi connectivity index (χ1v) is 8.76. The Labute approximate surface area is 144 Å². The Hall–Kier alpha value is -1.59. The lowest BCUT2D eigenvalue weighted by Gasteiger charge is -2.19. The number of carbonyl (C=O) groups excluding carboxylic acids is 1. The molecule has 0 heterocycles. The molecule has 5 heteroatoms. The molecule has 3 N–H and O–H groups in total. The van der Waals surface area contributed by atoms with Crippen molar-refractivity contribution in [1.29, 1.82) is 0 Å². The van der Waals surface area contributed by atoms with Gasteiger partial charge < -0.3 is 15.8 Å². The van der Waals surface area contributed by atoms with E-state index in [4.69, 9.17) is 10.5 Å². The number of nitrogens with one attached hydrogen (secondary N) is 1. The van der Waals surface area contributed by atoms with Crippen LogP contribution in [0.25, 0.3) is 10.8 Å². The molecule has 2 aromatic rings. The summed E-state index contributed by atoms with van der Waals surface area (Å²) in [5, 5.41) is 5.27. The minimum absolute atomic E-state index is 0.0375. The van der Waals surface area contributed by atoms with Gasteiger partial charge in [0.15, 0.2) is 6.61 Å². The molecule has 0 bridgehead atoms. The molecule has 0 spiro atoms. The highest BCUT2D eigenvalue weighted by atomic mass is 79.9. The maximum Gasteiger partial charge on any atom is 0.258 e. The Bertz CT molecular complexity index is 704. The van der Waals surface area contributed by atoms with Gasteiger partial charge in [-0.25, -0.2) is 0 Å². The number of rotatable bonds is 5. The first kappa shape index (κ1) is 16.3.